The first-order valence-electron chi connectivity index (χ1n) is 5.67. The van der Waals surface area contributed by atoms with Gasteiger partial charge in [0.2, 0.25) is 0 Å². The third-order valence-corrected chi connectivity index (χ3v) is 4.58. The molecular weight excluding hydrogens is 382 g/mol. The van der Waals surface area contributed by atoms with E-state index in [0.717, 1.165) is 0 Å². The monoisotopic (exact) mass is 389 g/mol. The van der Waals surface area contributed by atoms with Gasteiger partial charge in [-0.25, -0.2) is 0 Å². The second kappa shape index (κ2) is 6.13. The molecule has 1 aromatic rings. The molecular formula is C13H9BrClNO4S. The molecule has 0 saturated carbocycles. The molecule has 0 spiro atoms. The van der Waals surface area contributed by atoms with Gasteiger partial charge in [0.25, 0.3) is 0 Å². The number of benzene rings is 1. The van der Waals surface area contributed by atoms with Gasteiger partial charge in [-0.1, -0.05) is 16.8 Å². The van der Waals surface area contributed by atoms with Crippen LogP contribution in [0.1, 0.15) is 6.92 Å². The number of carbonyl (C=O) groups is 1. The lowest BCUT2D eigenvalue weighted by Crippen LogP contribution is -2.11. The van der Waals surface area contributed by atoms with Crippen molar-refractivity contribution in [1.82, 2.24) is 0 Å². The van der Waals surface area contributed by atoms with Crippen LogP contribution in [0.25, 0.3) is 0 Å². The van der Waals surface area contributed by atoms with Crippen LogP contribution >= 0.6 is 27.5 Å². The maximum absolute atomic E-state index is 11.9. The second-order valence-electron chi connectivity index (χ2n) is 4.14. The number of carbonyl (C=O) groups excluding carboxylic acids is 1. The number of rotatable bonds is 3. The Labute approximate surface area is 135 Å². The summed E-state index contributed by atoms with van der Waals surface area (Å²) < 4.78 is 28.8. The van der Waals surface area contributed by atoms with Gasteiger partial charge in [-0.15, -0.1) is 0 Å². The Bertz CT molecular complexity index is 779. The summed E-state index contributed by atoms with van der Waals surface area (Å²) in [6.45, 7) is 1.63. The van der Waals surface area contributed by atoms with E-state index in [4.69, 9.17) is 11.6 Å². The third kappa shape index (κ3) is 3.81. The Morgan fingerprint density at radius 3 is 2.43 bits per heavy atom. The third-order valence-electron chi connectivity index (χ3n) is 2.59. The molecule has 0 saturated heterocycles. The zero-order chi connectivity index (χ0) is 15.6. The molecule has 0 aliphatic heterocycles. The van der Waals surface area contributed by atoms with E-state index in [0.29, 0.717) is 10.6 Å². The van der Waals surface area contributed by atoms with E-state index in [1.54, 1.807) is 6.92 Å². The topological polar surface area (TPSA) is 72.8 Å². The fraction of sp³-hybridized carbons (Fsp3) is 0.0769. The van der Waals surface area contributed by atoms with Crippen LogP contribution in [0.2, 0.25) is 5.02 Å². The number of ketones is 1. The maximum atomic E-state index is 11.9. The lowest BCUT2D eigenvalue weighted by molar-refractivity contribution is -0.110. The lowest BCUT2D eigenvalue weighted by atomic mass is 10.1. The van der Waals surface area contributed by atoms with E-state index in [-0.39, 0.29) is 20.9 Å². The Hall–Kier alpha value is -1.44. The summed E-state index contributed by atoms with van der Waals surface area (Å²) in [7, 11) is -4.03. The van der Waals surface area contributed by atoms with Gasteiger partial charge in [0, 0.05) is 5.02 Å². The zero-order valence-electron chi connectivity index (χ0n) is 10.7. The van der Waals surface area contributed by atoms with Crippen LogP contribution in [-0.4, -0.2) is 19.9 Å². The van der Waals surface area contributed by atoms with E-state index < -0.39 is 10.1 Å². The smallest absolute Gasteiger partial charge is 0.289 e. The molecule has 0 bridgehead atoms. The molecule has 1 aromatic carbocycles. The first-order valence-corrected chi connectivity index (χ1v) is 8.25. The summed E-state index contributed by atoms with van der Waals surface area (Å²) in [6, 6.07) is 5.51. The molecule has 2 rings (SSSR count). The first-order chi connectivity index (χ1) is 9.79. The minimum atomic E-state index is -4.03. The van der Waals surface area contributed by atoms with Gasteiger partial charge in [0.05, 0.1) is 4.48 Å². The predicted molar refractivity (Wildman–Crippen MR) is 82.9 cm³/mol. The molecule has 5 nitrogen and oxygen atoms in total. The van der Waals surface area contributed by atoms with Crippen LogP contribution in [0, 0.1) is 0 Å². The van der Waals surface area contributed by atoms with E-state index in [9.17, 15) is 13.2 Å². The summed E-state index contributed by atoms with van der Waals surface area (Å²) in [4.78, 5) is 11.3. The molecule has 8 heteroatoms. The number of oxime groups is 1. The fourth-order valence-corrected chi connectivity index (χ4v) is 2.67. The van der Waals surface area contributed by atoms with Crippen molar-refractivity contribution in [2.45, 2.75) is 11.8 Å². The van der Waals surface area contributed by atoms with Crippen LogP contribution in [0.3, 0.4) is 0 Å². The molecule has 0 aromatic heterocycles. The molecule has 0 N–H and O–H groups in total. The van der Waals surface area contributed by atoms with Gasteiger partial charge in [-0.3, -0.25) is 9.08 Å². The summed E-state index contributed by atoms with van der Waals surface area (Å²) in [5.41, 5.74) is 0.758. The number of hydrogen-bond acceptors (Lipinski definition) is 5. The Morgan fingerprint density at radius 2 is 1.81 bits per heavy atom. The van der Waals surface area contributed by atoms with Crippen molar-refractivity contribution < 1.29 is 17.5 Å². The fourth-order valence-electron chi connectivity index (χ4n) is 1.48. The van der Waals surface area contributed by atoms with Crippen molar-refractivity contribution >= 4 is 49.1 Å². The molecule has 21 heavy (non-hydrogen) atoms. The standard InChI is InChI=1S/C13H9BrClNO4S/c1-8-6-13(17)11(14)7-12(8)16-20-21(18,19)10-4-2-9(15)3-5-10/h2-7H,1H3. The van der Waals surface area contributed by atoms with Crippen molar-refractivity contribution in [1.29, 1.82) is 0 Å². The molecule has 0 radical (unpaired) electrons. The average molecular weight is 391 g/mol. The van der Waals surface area contributed by atoms with Gasteiger partial charge in [0.1, 0.15) is 10.6 Å². The Balaban J connectivity index is 2.26. The maximum Gasteiger partial charge on any atom is 0.358 e. The van der Waals surface area contributed by atoms with E-state index in [1.807, 2.05) is 0 Å². The number of allylic oxidation sites excluding steroid dienone is 4. The van der Waals surface area contributed by atoms with Crippen LogP contribution in [0.5, 0.6) is 0 Å². The number of nitrogens with zero attached hydrogens (tertiary/aromatic N) is 1. The molecule has 0 atom stereocenters. The van der Waals surface area contributed by atoms with Gasteiger partial charge in [-0.05, 0) is 64.8 Å². The molecule has 110 valence electrons. The van der Waals surface area contributed by atoms with E-state index in [1.165, 1.54) is 36.4 Å². The summed E-state index contributed by atoms with van der Waals surface area (Å²) in [5.74, 6) is -0.216. The lowest BCUT2D eigenvalue weighted by Gasteiger charge is -2.08. The van der Waals surface area contributed by atoms with Crippen LogP contribution < -0.4 is 0 Å². The van der Waals surface area contributed by atoms with Crippen molar-refractivity contribution in [2.24, 2.45) is 5.16 Å². The van der Waals surface area contributed by atoms with Crippen molar-refractivity contribution in [3.05, 3.63) is 51.5 Å². The highest BCUT2D eigenvalue weighted by Crippen LogP contribution is 2.20. The van der Waals surface area contributed by atoms with Crippen molar-refractivity contribution in [3.63, 3.8) is 0 Å². The highest BCUT2D eigenvalue weighted by atomic mass is 79.9. The SMILES string of the molecule is CC1=CC(=O)C(Br)=CC1=NOS(=O)(=O)c1ccc(Cl)cc1. The molecule has 1 aliphatic rings. The Kier molecular flexibility index (Phi) is 4.65. The van der Waals surface area contributed by atoms with Gasteiger partial charge >= 0.3 is 10.1 Å². The second-order valence-corrected chi connectivity index (χ2v) is 6.96. The summed E-state index contributed by atoms with van der Waals surface area (Å²) in [5, 5.41) is 4.00. The van der Waals surface area contributed by atoms with Crippen molar-refractivity contribution in [2.75, 3.05) is 0 Å². The largest absolute Gasteiger partial charge is 0.358 e. The molecule has 0 unspecified atom stereocenters. The van der Waals surface area contributed by atoms with Crippen LogP contribution in [-0.2, 0) is 19.2 Å². The van der Waals surface area contributed by atoms with Crippen LogP contribution in [0.15, 0.2) is 56.5 Å². The molecule has 0 heterocycles. The zero-order valence-corrected chi connectivity index (χ0v) is 13.9. The average Bonchev–Trinajstić information content (AvgIpc) is 2.42. The number of halogens is 2. The van der Waals surface area contributed by atoms with E-state index in [2.05, 4.69) is 25.4 Å². The quantitative estimate of drug-likeness (QED) is 0.587. The highest BCUT2D eigenvalue weighted by Gasteiger charge is 2.18. The summed E-state index contributed by atoms with van der Waals surface area (Å²) in [6.07, 6.45) is 2.73. The van der Waals surface area contributed by atoms with Gasteiger partial charge in [-0.2, -0.15) is 8.42 Å². The molecule has 0 amide bonds. The molecule has 0 fully saturated rings. The molecule has 1 aliphatic carbocycles. The summed E-state index contributed by atoms with van der Waals surface area (Å²) >= 11 is 8.76. The number of hydrogen-bond donors (Lipinski definition) is 0. The van der Waals surface area contributed by atoms with E-state index >= 15 is 0 Å². The van der Waals surface area contributed by atoms with Gasteiger partial charge < -0.3 is 0 Å². The van der Waals surface area contributed by atoms with Crippen LogP contribution in [0.4, 0.5) is 0 Å². The Morgan fingerprint density at radius 1 is 1.19 bits per heavy atom. The predicted octanol–water partition coefficient (Wildman–Crippen LogP) is 3.21. The van der Waals surface area contributed by atoms with Gasteiger partial charge in [0.15, 0.2) is 5.78 Å². The normalized spacial score (nSPS) is 17.5. The minimum Gasteiger partial charge on any atom is -0.289 e. The van der Waals surface area contributed by atoms with Crippen molar-refractivity contribution in [3.8, 4) is 0 Å². The first kappa shape index (κ1) is 15.9. The minimum absolute atomic E-state index is 0.0622. The highest BCUT2D eigenvalue weighted by molar-refractivity contribution is 9.12.